The summed E-state index contributed by atoms with van der Waals surface area (Å²) in [5.74, 6) is 0.499. The number of imidazole rings is 1. The van der Waals surface area contributed by atoms with Crippen LogP contribution in [-0.2, 0) is 27.7 Å². The molecule has 1 saturated carbocycles. The molecule has 1 heterocycles. The maximum atomic E-state index is 13.0. The van der Waals surface area contributed by atoms with Gasteiger partial charge in [-0.05, 0) is 31.8 Å². The molecule has 2 rings (SSSR count). The minimum atomic E-state index is -3.37. The molecule has 7 heteroatoms. The van der Waals surface area contributed by atoms with Gasteiger partial charge < -0.3 is 9.30 Å². The van der Waals surface area contributed by atoms with Gasteiger partial charge in [-0.25, -0.2) is 13.4 Å². The van der Waals surface area contributed by atoms with Gasteiger partial charge in [-0.15, -0.1) is 0 Å². The summed E-state index contributed by atoms with van der Waals surface area (Å²) >= 11 is 0. The number of hydrogen-bond acceptors (Lipinski definition) is 5. The lowest BCUT2D eigenvalue weighted by Gasteiger charge is -2.22. The summed E-state index contributed by atoms with van der Waals surface area (Å²) in [6, 6.07) is 0. The predicted octanol–water partition coefficient (Wildman–Crippen LogP) is 2.73. The van der Waals surface area contributed by atoms with Crippen molar-refractivity contribution in [2.75, 3.05) is 32.6 Å². The number of hydrogen-bond donors (Lipinski definition) is 0. The molecular weight excluding hydrogens is 338 g/mol. The third-order valence-corrected chi connectivity index (χ3v) is 6.95. The van der Waals surface area contributed by atoms with Crippen molar-refractivity contribution in [1.29, 1.82) is 0 Å². The summed E-state index contributed by atoms with van der Waals surface area (Å²) < 4.78 is 33.0. The van der Waals surface area contributed by atoms with Crippen molar-refractivity contribution >= 4 is 9.84 Å². The van der Waals surface area contributed by atoms with Crippen LogP contribution in [0.2, 0.25) is 0 Å². The molecule has 144 valence electrons. The van der Waals surface area contributed by atoms with Crippen molar-refractivity contribution in [2.45, 2.75) is 64.2 Å². The van der Waals surface area contributed by atoms with Gasteiger partial charge in [0.1, 0.15) is 0 Å². The Hall–Kier alpha value is -0.920. The third kappa shape index (κ3) is 5.53. The Morgan fingerprint density at radius 3 is 2.52 bits per heavy atom. The Balaban J connectivity index is 2.23. The van der Waals surface area contributed by atoms with Crippen LogP contribution in [0.1, 0.15) is 51.6 Å². The average Bonchev–Trinajstić information content (AvgIpc) is 3.01. The molecule has 0 amide bonds. The first-order valence-corrected chi connectivity index (χ1v) is 11.2. The Morgan fingerprint density at radius 1 is 1.24 bits per heavy atom. The van der Waals surface area contributed by atoms with E-state index in [1.165, 1.54) is 6.42 Å². The van der Waals surface area contributed by atoms with Crippen molar-refractivity contribution in [1.82, 2.24) is 14.5 Å². The lowest BCUT2D eigenvalue weighted by molar-refractivity contribution is 0.181. The van der Waals surface area contributed by atoms with Crippen LogP contribution in [-0.4, -0.2) is 55.4 Å². The molecule has 0 atom stereocenters. The highest BCUT2D eigenvalue weighted by atomic mass is 32.2. The van der Waals surface area contributed by atoms with Crippen LogP contribution in [0.3, 0.4) is 0 Å². The molecule has 1 fully saturated rings. The van der Waals surface area contributed by atoms with Gasteiger partial charge in [0.15, 0.2) is 0 Å². The molecule has 1 aromatic heterocycles. The van der Waals surface area contributed by atoms with Gasteiger partial charge >= 0.3 is 0 Å². The maximum absolute atomic E-state index is 13.0. The first kappa shape index (κ1) is 20.4. The fourth-order valence-corrected chi connectivity index (χ4v) is 5.46. The van der Waals surface area contributed by atoms with E-state index in [9.17, 15) is 8.42 Å². The summed E-state index contributed by atoms with van der Waals surface area (Å²) in [5.41, 5.74) is 0.947. The fourth-order valence-electron chi connectivity index (χ4n) is 3.60. The zero-order valence-corrected chi connectivity index (χ0v) is 16.7. The lowest BCUT2D eigenvalue weighted by atomic mass is 9.91. The van der Waals surface area contributed by atoms with E-state index in [-0.39, 0.29) is 16.8 Å². The minimum absolute atomic E-state index is 0.220. The highest BCUT2D eigenvalue weighted by Gasteiger charge is 2.28. The van der Waals surface area contributed by atoms with Crippen molar-refractivity contribution in [3.05, 3.63) is 11.9 Å². The first-order valence-electron chi connectivity index (χ1n) is 9.50. The van der Waals surface area contributed by atoms with E-state index in [1.54, 1.807) is 13.3 Å². The number of rotatable bonds is 10. The molecule has 1 aliphatic rings. The maximum Gasteiger partial charge on any atom is 0.227 e. The van der Waals surface area contributed by atoms with E-state index < -0.39 is 9.84 Å². The Morgan fingerprint density at radius 2 is 1.92 bits per heavy atom. The van der Waals surface area contributed by atoms with Gasteiger partial charge in [-0.1, -0.05) is 33.1 Å². The second-order valence-corrected chi connectivity index (χ2v) is 8.85. The summed E-state index contributed by atoms with van der Waals surface area (Å²) in [4.78, 5) is 6.58. The Labute approximate surface area is 152 Å². The molecule has 0 aromatic carbocycles. The molecule has 1 aromatic rings. The van der Waals surface area contributed by atoms with Crippen LogP contribution in [0.25, 0.3) is 0 Å². The molecule has 0 aliphatic heterocycles. The summed E-state index contributed by atoms with van der Waals surface area (Å²) in [7, 11) is -1.74. The largest absolute Gasteiger partial charge is 0.383 e. The van der Waals surface area contributed by atoms with Crippen LogP contribution in [0.4, 0.5) is 0 Å². The molecular formula is C18H33N3O3S. The summed E-state index contributed by atoms with van der Waals surface area (Å²) in [6.45, 7) is 7.79. The van der Waals surface area contributed by atoms with Gasteiger partial charge in [0.2, 0.25) is 15.0 Å². The van der Waals surface area contributed by atoms with Crippen molar-refractivity contribution < 1.29 is 13.2 Å². The van der Waals surface area contributed by atoms with E-state index in [4.69, 9.17) is 4.74 Å². The summed E-state index contributed by atoms with van der Waals surface area (Å²) in [6.07, 6.45) is 7.28. The number of sulfone groups is 1. The van der Waals surface area contributed by atoms with E-state index in [2.05, 4.69) is 23.7 Å². The van der Waals surface area contributed by atoms with E-state index in [0.717, 1.165) is 44.5 Å². The van der Waals surface area contributed by atoms with Gasteiger partial charge in [-0.2, -0.15) is 0 Å². The van der Waals surface area contributed by atoms with Crippen molar-refractivity contribution in [2.24, 2.45) is 5.92 Å². The smallest absolute Gasteiger partial charge is 0.227 e. The molecule has 0 N–H and O–H groups in total. The highest BCUT2D eigenvalue weighted by molar-refractivity contribution is 7.91. The molecule has 0 radical (unpaired) electrons. The predicted molar refractivity (Wildman–Crippen MR) is 99.4 cm³/mol. The molecule has 0 saturated heterocycles. The Kier molecular flexibility index (Phi) is 7.90. The molecule has 1 aliphatic carbocycles. The molecule has 25 heavy (non-hydrogen) atoms. The van der Waals surface area contributed by atoms with Gasteiger partial charge in [0.05, 0.1) is 24.3 Å². The second-order valence-electron chi connectivity index (χ2n) is 6.92. The molecule has 0 unspecified atom stereocenters. The molecule has 0 spiro atoms. The SMILES string of the molecule is CCN(CC)Cc1cnc(S(=O)(=O)CC2CCCCC2)n1CCOC. The van der Waals surface area contributed by atoms with Crippen LogP contribution in [0, 0.1) is 5.92 Å². The fraction of sp³-hybridized carbons (Fsp3) is 0.833. The highest BCUT2D eigenvalue weighted by Crippen LogP contribution is 2.27. The third-order valence-electron chi connectivity index (χ3n) is 5.16. The van der Waals surface area contributed by atoms with Gasteiger partial charge in [0.25, 0.3) is 0 Å². The number of aromatic nitrogens is 2. The lowest BCUT2D eigenvalue weighted by Crippen LogP contribution is -2.26. The van der Waals surface area contributed by atoms with Crippen LogP contribution in [0.15, 0.2) is 11.4 Å². The quantitative estimate of drug-likeness (QED) is 0.633. The van der Waals surface area contributed by atoms with Gasteiger partial charge in [-0.3, -0.25) is 4.90 Å². The topological polar surface area (TPSA) is 64.4 Å². The summed E-state index contributed by atoms with van der Waals surface area (Å²) in [5, 5.41) is 0.220. The number of ether oxygens (including phenoxy) is 1. The zero-order chi connectivity index (χ0) is 18.3. The van der Waals surface area contributed by atoms with E-state index in [1.807, 2.05) is 4.57 Å². The monoisotopic (exact) mass is 371 g/mol. The van der Waals surface area contributed by atoms with Crippen molar-refractivity contribution in [3.63, 3.8) is 0 Å². The zero-order valence-electron chi connectivity index (χ0n) is 15.9. The van der Waals surface area contributed by atoms with E-state index >= 15 is 0 Å². The minimum Gasteiger partial charge on any atom is -0.383 e. The molecule has 0 bridgehead atoms. The van der Waals surface area contributed by atoms with Crippen LogP contribution >= 0.6 is 0 Å². The van der Waals surface area contributed by atoms with Crippen LogP contribution < -0.4 is 0 Å². The van der Waals surface area contributed by atoms with E-state index in [0.29, 0.717) is 19.7 Å². The number of methoxy groups -OCH3 is 1. The molecule has 6 nitrogen and oxygen atoms in total. The standard InChI is InChI=1S/C18H33N3O3S/c1-4-20(5-2)14-17-13-19-18(21(17)11-12-24-3)25(22,23)15-16-9-7-6-8-10-16/h13,16H,4-12,14-15H2,1-3H3. The average molecular weight is 372 g/mol. The number of nitrogens with zero attached hydrogens (tertiary/aromatic N) is 3. The van der Waals surface area contributed by atoms with Crippen molar-refractivity contribution in [3.8, 4) is 0 Å². The van der Waals surface area contributed by atoms with Gasteiger partial charge in [0, 0.05) is 20.2 Å². The normalized spacial score (nSPS) is 16.6. The second kappa shape index (κ2) is 9.69. The van der Waals surface area contributed by atoms with Crippen LogP contribution in [0.5, 0.6) is 0 Å². The first-order chi connectivity index (χ1) is 12.0. The Bertz CT molecular complexity index is 618.